The second kappa shape index (κ2) is 10.4. The minimum atomic E-state index is -1.62. The average Bonchev–Trinajstić information content (AvgIpc) is 3.16. The number of hydrogen-bond donors (Lipinski definition) is 2. The van der Waals surface area contributed by atoms with E-state index in [9.17, 15) is 15.0 Å². The summed E-state index contributed by atoms with van der Waals surface area (Å²) in [7, 11) is 0. The van der Waals surface area contributed by atoms with Gasteiger partial charge in [-0.3, -0.25) is 0 Å². The van der Waals surface area contributed by atoms with Crippen molar-refractivity contribution in [3.8, 4) is 0 Å². The van der Waals surface area contributed by atoms with Gasteiger partial charge >= 0.3 is 5.97 Å². The molecule has 35 heavy (non-hydrogen) atoms. The molecule has 4 atom stereocenters. The second-order valence-electron chi connectivity index (χ2n) is 11.7. The molecule has 0 amide bonds. The lowest BCUT2D eigenvalue weighted by atomic mass is 9.64. The van der Waals surface area contributed by atoms with Gasteiger partial charge in [-0.2, -0.15) is 0 Å². The van der Waals surface area contributed by atoms with E-state index < -0.39 is 23.5 Å². The van der Waals surface area contributed by atoms with Crippen LogP contribution in [0.3, 0.4) is 0 Å². The van der Waals surface area contributed by atoms with Crippen molar-refractivity contribution in [1.29, 1.82) is 0 Å². The molecule has 0 aromatic heterocycles. The topological polar surface area (TPSA) is 76.0 Å². The van der Waals surface area contributed by atoms with Crippen LogP contribution in [0, 0.1) is 11.3 Å². The maximum Gasteiger partial charge on any atom is 0.332 e. The molecular weight excluding hydrogens is 440 g/mol. The minimum Gasteiger partial charge on any atom is -0.458 e. The molecule has 0 spiro atoms. The molecule has 5 nitrogen and oxygen atoms in total. The molecule has 0 aliphatic heterocycles. The number of carbonyl (C=O) groups is 1. The lowest BCUT2D eigenvalue weighted by Gasteiger charge is -2.41. The zero-order valence-corrected chi connectivity index (χ0v) is 21.9. The third-order valence-electron chi connectivity index (χ3n) is 9.12. The standard InChI is InChI=1S/C30H44O5/c1-5-24-13-14-25-22(10-9-17-29(24,25)4)11-12-23-18-30(33,19-26(31)21(23)2)34-20-27(32)35-28(3)15-7-6-8-16-28/h11-13,25-26,31,33H,2,5-10,14-20H2,1,3-4H3/t25-,26?,29+,30-/m0/s1. The fraction of sp³-hybridized carbons (Fsp3) is 0.700. The summed E-state index contributed by atoms with van der Waals surface area (Å²) in [6, 6.07) is 0. The quantitative estimate of drug-likeness (QED) is 0.272. The van der Waals surface area contributed by atoms with E-state index in [-0.39, 0.29) is 24.9 Å². The van der Waals surface area contributed by atoms with Crippen LogP contribution < -0.4 is 0 Å². The van der Waals surface area contributed by atoms with Gasteiger partial charge in [0.2, 0.25) is 0 Å². The number of aliphatic hydroxyl groups excluding tert-OH is 1. The van der Waals surface area contributed by atoms with Crippen molar-refractivity contribution >= 4 is 5.97 Å². The lowest BCUT2D eigenvalue weighted by Crippen LogP contribution is -2.44. The van der Waals surface area contributed by atoms with Gasteiger partial charge in [0, 0.05) is 12.8 Å². The van der Waals surface area contributed by atoms with E-state index in [2.05, 4.69) is 32.6 Å². The van der Waals surface area contributed by atoms with Gasteiger partial charge in [0.05, 0.1) is 6.10 Å². The molecule has 0 aromatic rings. The maximum absolute atomic E-state index is 12.5. The fourth-order valence-electron chi connectivity index (χ4n) is 6.96. The van der Waals surface area contributed by atoms with Gasteiger partial charge in [-0.05, 0) is 87.2 Å². The van der Waals surface area contributed by atoms with Gasteiger partial charge < -0.3 is 19.7 Å². The van der Waals surface area contributed by atoms with E-state index in [0.29, 0.717) is 11.5 Å². The molecule has 3 fully saturated rings. The Kier molecular flexibility index (Phi) is 7.80. The maximum atomic E-state index is 12.5. The predicted octanol–water partition coefficient (Wildman–Crippen LogP) is 6.07. The molecular formula is C30H44O5. The largest absolute Gasteiger partial charge is 0.458 e. The zero-order valence-electron chi connectivity index (χ0n) is 21.9. The fourth-order valence-corrected chi connectivity index (χ4v) is 6.96. The van der Waals surface area contributed by atoms with Crippen molar-refractivity contribution in [2.45, 2.75) is 115 Å². The van der Waals surface area contributed by atoms with Crippen LogP contribution in [0.5, 0.6) is 0 Å². The van der Waals surface area contributed by atoms with Crippen LogP contribution in [0.2, 0.25) is 0 Å². The third-order valence-corrected chi connectivity index (χ3v) is 9.12. The number of hydrogen-bond acceptors (Lipinski definition) is 5. The summed E-state index contributed by atoms with van der Waals surface area (Å²) in [5.74, 6) is -1.56. The lowest BCUT2D eigenvalue weighted by molar-refractivity contribution is -0.229. The predicted molar refractivity (Wildman–Crippen MR) is 137 cm³/mol. The third kappa shape index (κ3) is 5.68. The molecule has 2 N–H and O–H groups in total. The van der Waals surface area contributed by atoms with Crippen LogP contribution in [0.25, 0.3) is 0 Å². The van der Waals surface area contributed by atoms with E-state index in [1.54, 1.807) is 5.57 Å². The molecule has 5 heteroatoms. The SMILES string of the molecule is C=C1C(=CC=C2CCC[C@]3(C)C(CC)=CC[C@@H]23)C[C@](O)(OCC(=O)OC2(C)CCCCC2)CC1O. The Morgan fingerprint density at radius 2 is 1.91 bits per heavy atom. The van der Waals surface area contributed by atoms with Crippen molar-refractivity contribution in [3.63, 3.8) is 0 Å². The molecule has 0 radical (unpaired) electrons. The van der Waals surface area contributed by atoms with Crippen LogP contribution in [0.1, 0.15) is 97.8 Å². The summed E-state index contributed by atoms with van der Waals surface area (Å²) in [4.78, 5) is 12.5. The summed E-state index contributed by atoms with van der Waals surface area (Å²) < 4.78 is 11.4. The number of rotatable bonds is 6. The van der Waals surface area contributed by atoms with Gasteiger partial charge in [0.25, 0.3) is 0 Å². The Morgan fingerprint density at radius 3 is 2.63 bits per heavy atom. The number of allylic oxidation sites excluding steroid dienone is 5. The van der Waals surface area contributed by atoms with E-state index >= 15 is 0 Å². The average molecular weight is 485 g/mol. The van der Waals surface area contributed by atoms with Gasteiger partial charge in [-0.1, -0.05) is 56.2 Å². The Morgan fingerprint density at radius 1 is 1.17 bits per heavy atom. The van der Waals surface area contributed by atoms with Gasteiger partial charge in [-0.15, -0.1) is 0 Å². The zero-order chi connectivity index (χ0) is 25.3. The second-order valence-corrected chi connectivity index (χ2v) is 11.7. The number of fused-ring (bicyclic) bond motifs is 1. The first-order chi connectivity index (χ1) is 16.6. The van der Waals surface area contributed by atoms with E-state index in [0.717, 1.165) is 50.5 Å². The Balaban J connectivity index is 1.42. The van der Waals surface area contributed by atoms with Crippen LogP contribution in [-0.4, -0.2) is 40.3 Å². The number of carbonyl (C=O) groups excluding carboxylic acids is 1. The number of aliphatic hydroxyl groups is 2. The van der Waals surface area contributed by atoms with Crippen molar-refractivity contribution in [3.05, 3.63) is 47.1 Å². The van der Waals surface area contributed by atoms with Crippen LogP contribution in [0.15, 0.2) is 47.1 Å². The van der Waals surface area contributed by atoms with Crippen molar-refractivity contribution in [2.24, 2.45) is 11.3 Å². The molecule has 0 saturated heterocycles. The van der Waals surface area contributed by atoms with E-state index in [4.69, 9.17) is 9.47 Å². The Labute approximate surface area is 211 Å². The first kappa shape index (κ1) is 26.4. The molecule has 0 bridgehead atoms. The summed E-state index contributed by atoms with van der Waals surface area (Å²) in [6.45, 7) is 10.4. The summed E-state index contributed by atoms with van der Waals surface area (Å²) in [6.07, 6.45) is 16.6. The van der Waals surface area contributed by atoms with Gasteiger partial charge in [-0.25, -0.2) is 4.79 Å². The molecule has 194 valence electrons. The van der Waals surface area contributed by atoms with Gasteiger partial charge in [0.1, 0.15) is 12.2 Å². The molecule has 1 unspecified atom stereocenters. The minimum absolute atomic E-state index is 0.00519. The highest BCUT2D eigenvalue weighted by Crippen LogP contribution is 2.55. The number of ether oxygens (including phenoxy) is 2. The highest BCUT2D eigenvalue weighted by atomic mass is 16.6. The summed E-state index contributed by atoms with van der Waals surface area (Å²) in [5, 5.41) is 21.8. The molecule has 4 aliphatic rings. The van der Waals surface area contributed by atoms with Crippen molar-refractivity contribution in [1.82, 2.24) is 0 Å². The highest BCUT2D eigenvalue weighted by Gasteiger charge is 2.44. The van der Waals surface area contributed by atoms with E-state index in [1.165, 1.54) is 24.8 Å². The molecule has 3 saturated carbocycles. The molecule has 0 heterocycles. The smallest absolute Gasteiger partial charge is 0.332 e. The number of esters is 1. The molecule has 4 aliphatic carbocycles. The monoisotopic (exact) mass is 484 g/mol. The highest BCUT2D eigenvalue weighted by molar-refractivity contribution is 5.71. The van der Waals surface area contributed by atoms with Gasteiger partial charge in [0.15, 0.2) is 5.79 Å². The van der Waals surface area contributed by atoms with E-state index in [1.807, 2.05) is 13.0 Å². The first-order valence-electron chi connectivity index (χ1n) is 13.6. The van der Waals surface area contributed by atoms with Crippen molar-refractivity contribution < 1.29 is 24.5 Å². The first-order valence-corrected chi connectivity index (χ1v) is 13.6. The normalized spacial score (nSPS) is 37.3. The Bertz CT molecular complexity index is 921. The van der Waals surface area contributed by atoms with Crippen LogP contribution in [-0.2, 0) is 14.3 Å². The van der Waals surface area contributed by atoms with Crippen molar-refractivity contribution in [2.75, 3.05) is 6.61 Å². The Hall–Kier alpha value is -1.69. The molecule has 4 rings (SSSR count). The van der Waals surface area contributed by atoms with Crippen LogP contribution in [0.4, 0.5) is 0 Å². The molecule has 0 aromatic carbocycles. The summed E-state index contributed by atoms with van der Waals surface area (Å²) in [5.41, 5.74) is 4.22. The summed E-state index contributed by atoms with van der Waals surface area (Å²) >= 11 is 0. The van der Waals surface area contributed by atoms with Crippen LogP contribution >= 0.6 is 0 Å².